The summed E-state index contributed by atoms with van der Waals surface area (Å²) in [7, 11) is 0. The fourth-order valence-corrected chi connectivity index (χ4v) is 9.64. The average molecular weight is 757 g/mol. The minimum Gasteiger partial charge on any atom is -0.311 e. The summed E-state index contributed by atoms with van der Waals surface area (Å²) in [5.74, 6) is 0. The SMILES string of the molecule is c1ccc(-c2ccc(N(c3ccc(-c4ccccc4)cc3)c3ccc(-c4ccc(-c5nc6ccccc6c6c5ccc5c7ccccc7sc56)cc4)cc3)cc2)cc1. The second-order valence-corrected chi connectivity index (χ2v) is 15.8. The fourth-order valence-electron chi connectivity index (χ4n) is 8.37. The fraction of sp³-hybridized carbons (Fsp3) is 0. The van der Waals surface area contributed by atoms with Crippen LogP contribution in [0.5, 0.6) is 0 Å². The molecule has 9 aromatic carbocycles. The van der Waals surface area contributed by atoms with Crippen LogP contribution in [0, 0.1) is 0 Å². The van der Waals surface area contributed by atoms with E-state index in [0.29, 0.717) is 0 Å². The molecule has 0 N–H and O–H groups in total. The second kappa shape index (κ2) is 14.3. The van der Waals surface area contributed by atoms with Gasteiger partial charge in [0.2, 0.25) is 0 Å². The van der Waals surface area contributed by atoms with Gasteiger partial charge in [-0.25, -0.2) is 4.98 Å². The van der Waals surface area contributed by atoms with Crippen molar-refractivity contribution < 1.29 is 0 Å². The van der Waals surface area contributed by atoms with Crippen LogP contribution in [0.4, 0.5) is 17.1 Å². The third-order valence-electron chi connectivity index (χ3n) is 11.3. The van der Waals surface area contributed by atoms with E-state index in [0.717, 1.165) is 39.4 Å². The number of fused-ring (bicyclic) bond motifs is 7. The zero-order valence-electron chi connectivity index (χ0n) is 31.6. The molecule has 0 aliphatic rings. The maximum atomic E-state index is 5.27. The molecular weight excluding hydrogens is 721 g/mol. The second-order valence-electron chi connectivity index (χ2n) is 14.7. The topological polar surface area (TPSA) is 16.1 Å². The molecule has 0 spiro atoms. The maximum absolute atomic E-state index is 5.27. The van der Waals surface area contributed by atoms with E-state index in [2.05, 4.69) is 223 Å². The Kier molecular flexibility index (Phi) is 8.38. The molecule has 3 heteroatoms. The largest absolute Gasteiger partial charge is 0.311 e. The van der Waals surface area contributed by atoms with Crippen LogP contribution in [0.1, 0.15) is 0 Å². The first-order chi connectivity index (χ1) is 28.7. The molecule has 0 saturated carbocycles. The van der Waals surface area contributed by atoms with Crippen molar-refractivity contribution in [1.29, 1.82) is 0 Å². The number of aromatic nitrogens is 1. The van der Waals surface area contributed by atoms with E-state index in [4.69, 9.17) is 4.98 Å². The minimum atomic E-state index is 1.02. The van der Waals surface area contributed by atoms with Crippen LogP contribution >= 0.6 is 11.3 Å². The summed E-state index contributed by atoms with van der Waals surface area (Å²) in [6.45, 7) is 0. The average Bonchev–Trinajstić information content (AvgIpc) is 3.69. The number of benzene rings is 9. The summed E-state index contributed by atoms with van der Waals surface area (Å²) in [6.07, 6.45) is 0. The molecular formula is C55H36N2S. The Morgan fingerprint density at radius 1 is 0.310 bits per heavy atom. The summed E-state index contributed by atoms with van der Waals surface area (Å²) in [4.78, 5) is 7.60. The van der Waals surface area contributed by atoms with Gasteiger partial charge in [-0.1, -0.05) is 170 Å². The molecule has 11 aromatic rings. The Morgan fingerprint density at radius 3 is 1.28 bits per heavy atom. The summed E-state index contributed by atoms with van der Waals surface area (Å²) in [5.41, 5.74) is 13.6. The first kappa shape index (κ1) is 34.0. The third kappa shape index (κ3) is 6.01. The van der Waals surface area contributed by atoms with Crippen molar-refractivity contribution in [2.24, 2.45) is 0 Å². The number of rotatable bonds is 7. The Balaban J connectivity index is 0.947. The number of para-hydroxylation sites is 1. The van der Waals surface area contributed by atoms with Crippen LogP contribution in [-0.2, 0) is 0 Å². The Bertz CT molecular complexity index is 3140. The highest BCUT2D eigenvalue weighted by Gasteiger charge is 2.17. The van der Waals surface area contributed by atoms with Gasteiger partial charge in [0.1, 0.15) is 0 Å². The molecule has 0 aliphatic heterocycles. The summed E-state index contributed by atoms with van der Waals surface area (Å²) in [5, 5.41) is 6.29. The molecule has 0 aliphatic carbocycles. The Labute approximate surface area is 341 Å². The predicted molar refractivity (Wildman–Crippen MR) is 249 cm³/mol. The van der Waals surface area contributed by atoms with Gasteiger partial charge in [0.05, 0.1) is 11.2 Å². The summed E-state index contributed by atoms with van der Waals surface area (Å²) in [6, 6.07) is 78.5. The van der Waals surface area contributed by atoms with Crippen LogP contribution < -0.4 is 4.90 Å². The molecule has 0 fully saturated rings. The van der Waals surface area contributed by atoms with E-state index in [1.165, 1.54) is 64.1 Å². The van der Waals surface area contributed by atoms with Crippen molar-refractivity contribution >= 4 is 70.2 Å². The van der Waals surface area contributed by atoms with E-state index in [1.807, 2.05) is 11.3 Å². The van der Waals surface area contributed by atoms with Crippen LogP contribution in [0.15, 0.2) is 218 Å². The molecule has 0 amide bonds. The van der Waals surface area contributed by atoms with E-state index < -0.39 is 0 Å². The highest BCUT2D eigenvalue weighted by Crippen LogP contribution is 2.44. The normalized spacial score (nSPS) is 11.4. The maximum Gasteiger partial charge on any atom is 0.0788 e. The molecule has 11 rings (SSSR count). The molecule has 58 heavy (non-hydrogen) atoms. The molecule has 0 radical (unpaired) electrons. The van der Waals surface area contributed by atoms with Gasteiger partial charge in [-0.05, 0) is 81.9 Å². The molecule has 272 valence electrons. The summed E-state index contributed by atoms with van der Waals surface area (Å²) >= 11 is 1.88. The lowest BCUT2D eigenvalue weighted by Crippen LogP contribution is -2.09. The van der Waals surface area contributed by atoms with Gasteiger partial charge in [0.15, 0.2) is 0 Å². The lowest BCUT2D eigenvalue weighted by Gasteiger charge is -2.26. The standard InChI is InChI=1S/C55H36N2S/c1-3-11-37(12-4-1)40-23-29-44(30-24-40)57(45-31-25-41(26-32-45)38-13-5-2-6-14-38)46-33-27-42(28-34-46)39-19-21-43(22-20-39)54-50-36-35-48-47-15-8-10-18-52(47)58-55(48)53(50)49-16-7-9-17-51(49)56-54/h1-36H. The van der Waals surface area contributed by atoms with Crippen LogP contribution in [0.3, 0.4) is 0 Å². The van der Waals surface area contributed by atoms with E-state index in [-0.39, 0.29) is 0 Å². The number of anilines is 3. The lowest BCUT2D eigenvalue weighted by atomic mass is 9.96. The van der Waals surface area contributed by atoms with Gasteiger partial charge in [0, 0.05) is 59.0 Å². The van der Waals surface area contributed by atoms with Gasteiger partial charge >= 0.3 is 0 Å². The first-order valence-corrected chi connectivity index (χ1v) is 20.5. The highest BCUT2D eigenvalue weighted by atomic mass is 32.1. The van der Waals surface area contributed by atoms with Crippen LogP contribution in [-0.4, -0.2) is 4.98 Å². The minimum absolute atomic E-state index is 1.02. The number of pyridine rings is 1. The molecule has 2 heterocycles. The number of hydrogen-bond acceptors (Lipinski definition) is 3. The van der Waals surface area contributed by atoms with Gasteiger partial charge in [-0.2, -0.15) is 0 Å². The monoisotopic (exact) mass is 756 g/mol. The van der Waals surface area contributed by atoms with E-state index >= 15 is 0 Å². The lowest BCUT2D eigenvalue weighted by molar-refractivity contribution is 1.28. The van der Waals surface area contributed by atoms with Crippen molar-refractivity contribution in [2.75, 3.05) is 4.90 Å². The Morgan fingerprint density at radius 2 is 0.724 bits per heavy atom. The van der Waals surface area contributed by atoms with E-state index in [9.17, 15) is 0 Å². The molecule has 2 nitrogen and oxygen atoms in total. The molecule has 2 aromatic heterocycles. The van der Waals surface area contributed by atoms with E-state index in [1.54, 1.807) is 0 Å². The molecule has 0 unspecified atom stereocenters. The van der Waals surface area contributed by atoms with Crippen molar-refractivity contribution in [3.05, 3.63) is 218 Å². The van der Waals surface area contributed by atoms with Crippen LogP contribution in [0.25, 0.3) is 86.5 Å². The Hall–Kier alpha value is -7.33. The zero-order chi connectivity index (χ0) is 38.4. The number of thiophene rings is 1. The van der Waals surface area contributed by atoms with Gasteiger partial charge in [0.25, 0.3) is 0 Å². The van der Waals surface area contributed by atoms with Crippen molar-refractivity contribution in [1.82, 2.24) is 4.98 Å². The van der Waals surface area contributed by atoms with Gasteiger partial charge in [-0.15, -0.1) is 11.3 Å². The van der Waals surface area contributed by atoms with Crippen molar-refractivity contribution in [2.45, 2.75) is 0 Å². The van der Waals surface area contributed by atoms with Gasteiger partial charge in [-0.3, -0.25) is 0 Å². The smallest absolute Gasteiger partial charge is 0.0788 e. The molecule has 0 saturated heterocycles. The quantitative estimate of drug-likeness (QED) is 0.151. The number of nitrogens with zero attached hydrogens (tertiary/aromatic N) is 2. The molecule has 0 atom stereocenters. The molecule has 0 bridgehead atoms. The van der Waals surface area contributed by atoms with Crippen molar-refractivity contribution in [3.63, 3.8) is 0 Å². The predicted octanol–water partition coefficient (Wildman–Crippen LogP) is 15.9. The number of hydrogen-bond donors (Lipinski definition) is 0. The summed E-state index contributed by atoms with van der Waals surface area (Å²) < 4.78 is 2.64. The van der Waals surface area contributed by atoms with Crippen molar-refractivity contribution in [3.8, 4) is 44.6 Å². The zero-order valence-corrected chi connectivity index (χ0v) is 32.4. The third-order valence-corrected chi connectivity index (χ3v) is 12.5. The first-order valence-electron chi connectivity index (χ1n) is 19.7. The van der Waals surface area contributed by atoms with Crippen LogP contribution in [0.2, 0.25) is 0 Å². The highest BCUT2D eigenvalue weighted by molar-refractivity contribution is 7.26. The van der Waals surface area contributed by atoms with Gasteiger partial charge < -0.3 is 4.90 Å².